The van der Waals surface area contributed by atoms with Crippen molar-refractivity contribution in [3.63, 3.8) is 0 Å². The number of thioether (sulfide) groups is 1. The fraction of sp³-hybridized carbons (Fsp3) is 0.471. The first-order chi connectivity index (χ1) is 12.0. The van der Waals surface area contributed by atoms with Gasteiger partial charge in [0.25, 0.3) is 0 Å². The molecule has 2 rings (SSSR count). The van der Waals surface area contributed by atoms with Gasteiger partial charge >= 0.3 is 0 Å². The fourth-order valence-electron chi connectivity index (χ4n) is 2.36. The van der Waals surface area contributed by atoms with Crippen LogP contribution >= 0.6 is 11.8 Å². The van der Waals surface area contributed by atoms with E-state index in [4.69, 9.17) is 9.47 Å². The minimum absolute atomic E-state index is 0.145. The highest BCUT2D eigenvalue weighted by Crippen LogP contribution is 2.29. The van der Waals surface area contributed by atoms with E-state index in [2.05, 4.69) is 29.4 Å². The summed E-state index contributed by atoms with van der Waals surface area (Å²) in [5.74, 6) is 2.54. The lowest BCUT2D eigenvalue weighted by Gasteiger charge is -2.12. The molecule has 8 heteroatoms. The van der Waals surface area contributed by atoms with Crippen molar-refractivity contribution in [2.75, 3.05) is 25.3 Å². The second kappa shape index (κ2) is 8.75. The zero-order valence-corrected chi connectivity index (χ0v) is 16.0. The number of nitrogens with zero attached hydrogens (tertiary/aromatic N) is 3. The summed E-state index contributed by atoms with van der Waals surface area (Å²) < 4.78 is 12.5. The Morgan fingerprint density at radius 1 is 1.28 bits per heavy atom. The molecular weight excluding hydrogens is 340 g/mol. The number of benzene rings is 1. The van der Waals surface area contributed by atoms with E-state index >= 15 is 0 Å². The number of nitrogens with one attached hydrogen (secondary N) is 1. The summed E-state index contributed by atoms with van der Waals surface area (Å²) in [6.45, 7) is 6.97. The molecule has 0 radical (unpaired) electrons. The molecule has 0 aliphatic rings. The number of anilines is 1. The highest BCUT2D eigenvalue weighted by molar-refractivity contribution is 7.99. The molecule has 1 amide bonds. The zero-order chi connectivity index (χ0) is 18.4. The van der Waals surface area contributed by atoms with E-state index in [9.17, 15) is 4.79 Å². The molecule has 1 N–H and O–H groups in total. The van der Waals surface area contributed by atoms with Gasteiger partial charge in [-0.3, -0.25) is 4.79 Å². The number of hydrogen-bond donors (Lipinski definition) is 1. The molecule has 0 bridgehead atoms. The van der Waals surface area contributed by atoms with Crippen LogP contribution in [0.2, 0.25) is 0 Å². The quantitative estimate of drug-likeness (QED) is 0.725. The molecule has 25 heavy (non-hydrogen) atoms. The van der Waals surface area contributed by atoms with Gasteiger partial charge in [-0.25, -0.2) is 0 Å². The Morgan fingerprint density at radius 3 is 2.64 bits per heavy atom. The third-order valence-corrected chi connectivity index (χ3v) is 4.56. The SMILES string of the molecule is CCn1c(SCC(=O)Nc2cc(OC)ccc2OC)nnc1C(C)C. The number of hydrogen-bond acceptors (Lipinski definition) is 6. The average molecular weight is 364 g/mol. The van der Waals surface area contributed by atoms with Gasteiger partial charge in [0.05, 0.1) is 25.7 Å². The number of carbonyl (C=O) groups is 1. The van der Waals surface area contributed by atoms with Crippen LogP contribution in [-0.2, 0) is 11.3 Å². The smallest absolute Gasteiger partial charge is 0.234 e. The maximum absolute atomic E-state index is 12.3. The van der Waals surface area contributed by atoms with E-state index in [-0.39, 0.29) is 17.6 Å². The lowest BCUT2D eigenvalue weighted by atomic mass is 10.2. The maximum atomic E-state index is 12.3. The average Bonchev–Trinajstić information content (AvgIpc) is 3.03. The van der Waals surface area contributed by atoms with Crippen molar-refractivity contribution in [3.05, 3.63) is 24.0 Å². The first-order valence-corrected chi connectivity index (χ1v) is 9.06. The molecule has 0 aliphatic carbocycles. The van der Waals surface area contributed by atoms with Gasteiger partial charge in [0, 0.05) is 18.5 Å². The molecule has 0 saturated heterocycles. The normalized spacial score (nSPS) is 10.8. The number of ether oxygens (including phenoxy) is 2. The lowest BCUT2D eigenvalue weighted by molar-refractivity contribution is -0.113. The van der Waals surface area contributed by atoms with Crippen molar-refractivity contribution < 1.29 is 14.3 Å². The summed E-state index contributed by atoms with van der Waals surface area (Å²) in [4.78, 5) is 12.3. The van der Waals surface area contributed by atoms with Crippen LogP contribution in [0, 0.1) is 0 Å². The van der Waals surface area contributed by atoms with Gasteiger partial charge in [0.2, 0.25) is 5.91 Å². The predicted molar refractivity (Wildman–Crippen MR) is 98.7 cm³/mol. The van der Waals surface area contributed by atoms with E-state index < -0.39 is 0 Å². The predicted octanol–water partition coefficient (Wildman–Crippen LogP) is 3.17. The van der Waals surface area contributed by atoms with Crippen LogP contribution in [-0.4, -0.2) is 40.6 Å². The molecule has 0 spiro atoms. The molecule has 0 unspecified atom stereocenters. The number of carbonyl (C=O) groups excluding carboxylic acids is 1. The van der Waals surface area contributed by atoms with Crippen LogP contribution in [0.25, 0.3) is 0 Å². The zero-order valence-electron chi connectivity index (χ0n) is 15.2. The molecule has 1 aromatic heterocycles. The van der Waals surface area contributed by atoms with Crippen LogP contribution in [0.15, 0.2) is 23.4 Å². The number of aromatic nitrogens is 3. The molecule has 0 aliphatic heterocycles. The number of methoxy groups -OCH3 is 2. The Balaban J connectivity index is 2.04. The van der Waals surface area contributed by atoms with E-state index in [1.165, 1.54) is 11.8 Å². The Hall–Kier alpha value is -2.22. The third-order valence-electron chi connectivity index (χ3n) is 3.59. The number of rotatable bonds is 8. The molecule has 2 aromatic rings. The molecule has 1 aromatic carbocycles. The van der Waals surface area contributed by atoms with Gasteiger partial charge < -0.3 is 19.4 Å². The summed E-state index contributed by atoms with van der Waals surface area (Å²) in [6, 6.07) is 5.26. The Morgan fingerprint density at radius 2 is 2.04 bits per heavy atom. The third kappa shape index (κ3) is 4.66. The molecule has 0 fully saturated rings. The standard InChI is InChI=1S/C17H24N4O3S/c1-6-21-16(11(2)3)19-20-17(21)25-10-15(22)18-13-9-12(23-4)7-8-14(13)24-5/h7-9,11H,6,10H2,1-5H3,(H,18,22). The van der Waals surface area contributed by atoms with Gasteiger partial charge in [0.15, 0.2) is 5.16 Å². The highest BCUT2D eigenvalue weighted by Gasteiger charge is 2.16. The van der Waals surface area contributed by atoms with Crippen molar-refractivity contribution in [1.82, 2.24) is 14.8 Å². The van der Waals surface area contributed by atoms with Crippen LogP contribution < -0.4 is 14.8 Å². The molecule has 1 heterocycles. The first-order valence-electron chi connectivity index (χ1n) is 8.07. The summed E-state index contributed by atoms with van der Waals surface area (Å²) in [7, 11) is 3.14. The minimum atomic E-state index is -0.145. The number of amides is 1. The summed E-state index contributed by atoms with van der Waals surface area (Å²) in [6.07, 6.45) is 0. The topological polar surface area (TPSA) is 78.3 Å². The largest absolute Gasteiger partial charge is 0.497 e. The molecule has 0 saturated carbocycles. The van der Waals surface area contributed by atoms with Gasteiger partial charge in [-0.2, -0.15) is 0 Å². The molecule has 0 atom stereocenters. The second-order valence-electron chi connectivity index (χ2n) is 5.64. The van der Waals surface area contributed by atoms with Crippen LogP contribution in [0.1, 0.15) is 32.5 Å². The van der Waals surface area contributed by atoms with Gasteiger partial charge in [0.1, 0.15) is 17.3 Å². The van der Waals surface area contributed by atoms with E-state index in [0.717, 1.165) is 17.5 Å². The molecule has 136 valence electrons. The molecule has 7 nitrogen and oxygen atoms in total. The monoisotopic (exact) mass is 364 g/mol. The Labute approximate surface area is 152 Å². The van der Waals surface area contributed by atoms with Gasteiger partial charge in [-0.1, -0.05) is 25.6 Å². The summed E-state index contributed by atoms with van der Waals surface area (Å²) >= 11 is 1.37. The Kier molecular flexibility index (Phi) is 6.69. The van der Waals surface area contributed by atoms with E-state index in [1.54, 1.807) is 32.4 Å². The van der Waals surface area contributed by atoms with Crippen molar-refractivity contribution in [1.29, 1.82) is 0 Å². The van der Waals surface area contributed by atoms with Crippen molar-refractivity contribution in [2.24, 2.45) is 0 Å². The first kappa shape index (κ1) is 19.1. The van der Waals surface area contributed by atoms with E-state index in [0.29, 0.717) is 17.2 Å². The van der Waals surface area contributed by atoms with Gasteiger partial charge in [-0.05, 0) is 19.1 Å². The minimum Gasteiger partial charge on any atom is -0.497 e. The maximum Gasteiger partial charge on any atom is 0.234 e. The Bertz CT molecular complexity index is 731. The fourth-order valence-corrected chi connectivity index (χ4v) is 3.17. The van der Waals surface area contributed by atoms with Crippen molar-refractivity contribution in [2.45, 2.75) is 38.4 Å². The van der Waals surface area contributed by atoms with Crippen molar-refractivity contribution in [3.8, 4) is 11.5 Å². The van der Waals surface area contributed by atoms with Crippen LogP contribution in [0.4, 0.5) is 5.69 Å². The van der Waals surface area contributed by atoms with Gasteiger partial charge in [-0.15, -0.1) is 10.2 Å². The van der Waals surface area contributed by atoms with Crippen LogP contribution in [0.3, 0.4) is 0 Å². The van der Waals surface area contributed by atoms with Crippen LogP contribution in [0.5, 0.6) is 11.5 Å². The van der Waals surface area contributed by atoms with E-state index in [1.807, 2.05) is 11.5 Å². The lowest BCUT2D eigenvalue weighted by Crippen LogP contribution is -2.15. The summed E-state index contributed by atoms with van der Waals surface area (Å²) in [5.41, 5.74) is 0.576. The molecular formula is C17H24N4O3S. The second-order valence-corrected chi connectivity index (χ2v) is 6.59. The highest BCUT2D eigenvalue weighted by atomic mass is 32.2. The van der Waals surface area contributed by atoms with Crippen molar-refractivity contribution >= 4 is 23.4 Å². The summed E-state index contributed by atoms with van der Waals surface area (Å²) in [5, 5.41) is 12.0.